The van der Waals surface area contributed by atoms with Crippen molar-refractivity contribution >= 4 is 5.69 Å². The maximum atomic E-state index is 11.6. The van der Waals surface area contributed by atoms with E-state index in [2.05, 4.69) is 10.3 Å². The molecule has 0 fully saturated rings. The minimum atomic E-state index is -4.81. The van der Waals surface area contributed by atoms with Gasteiger partial charge < -0.3 is 0 Å². The van der Waals surface area contributed by atoms with Gasteiger partial charge >= 0.3 is 6.36 Å². The minimum Gasteiger partial charge on any atom is -0.282 e. The molecule has 0 amide bonds. The first-order valence-corrected chi connectivity index (χ1v) is 3.60. The van der Waals surface area contributed by atoms with E-state index in [0.717, 1.165) is 0 Å². The average molecular weight is 207 g/mol. The van der Waals surface area contributed by atoms with Gasteiger partial charge in [0.15, 0.2) is 0 Å². The molecule has 1 aromatic carbocycles. The van der Waals surface area contributed by atoms with Gasteiger partial charge in [-0.05, 0) is 17.4 Å². The van der Waals surface area contributed by atoms with Crippen molar-refractivity contribution in [2.45, 2.75) is 6.36 Å². The number of para-hydroxylation sites is 1. The normalized spacial score (nSPS) is 11.8. The highest BCUT2D eigenvalue weighted by Crippen LogP contribution is 2.17. The Labute approximate surface area is 78.0 Å². The van der Waals surface area contributed by atoms with Crippen LogP contribution >= 0.6 is 0 Å². The van der Waals surface area contributed by atoms with Crippen molar-refractivity contribution in [3.05, 3.63) is 30.3 Å². The summed E-state index contributed by atoms with van der Waals surface area (Å²) >= 11 is 0. The smallest absolute Gasteiger partial charge is 0.282 e. The maximum Gasteiger partial charge on any atom is 0.541 e. The lowest BCUT2D eigenvalue weighted by molar-refractivity contribution is -0.410. The summed E-state index contributed by atoms with van der Waals surface area (Å²) in [5.74, 6) is 4.87. The Hall–Kier alpha value is -1.31. The first-order valence-electron chi connectivity index (χ1n) is 3.60. The summed E-state index contributed by atoms with van der Waals surface area (Å²) < 4.78 is 34.9. The third kappa shape index (κ3) is 4.08. The lowest BCUT2D eigenvalue weighted by atomic mass is 10.3. The molecule has 0 aliphatic rings. The third-order valence-electron chi connectivity index (χ3n) is 1.21. The van der Waals surface area contributed by atoms with Gasteiger partial charge in [0.05, 0.1) is 5.69 Å². The number of hydrogen-bond donors (Lipinski definition) is 2. The van der Waals surface area contributed by atoms with E-state index >= 15 is 0 Å². The fraction of sp³-hybridized carbons (Fsp3) is 0.143. The highest BCUT2D eigenvalue weighted by molar-refractivity contribution is 5.40. The molecular formula is C7H8F3N3O. The van der Waals surface area contributed by atoms with Crippen LogP contribution in [-0.2, 0) is 4.84 Å². The van der Waals surface area contributed by atoms with E-state index in [1.54, 1.807) is 30.3 Å². The molecule has 0 aliphatic heterocycles. The second-order valence-electron chi connectivity index (χ2n) is 2.34. The monoisotopic (exact) mass is 207 g/mol. The summed E-state index contributed by atoms with van der Waals surface area (Å²) in [6.07, 6.45) is -4.81. The molecule has 0 bridgehead atoms. The second kappa shape index (κ2) is 4.27. The van der Waals surface area contributed by atoms with Gasteiger partial charge in [0.1, 0.15) is 0 Å². The Balaban J connectivity index is 2.46. The standard InChI is InChI=1S/C7H8F3N3O/c8-7(9,10)14-13(11)12-6-4-2-1-3-5-6/h1-5,12H,11H2. The Bertz CT molecular complexity index is 277. The van der Waals surface area contributed by atoms with Gasteiger partial charge in [-0.1, -0.05) is 18.2 Å². The zero-order valence-corrected chi connectivity index (χ0v) is 6.95. The highest BCUT2D eigenvalue weighted by atomic mass is 19.4. The number of alkyl halides is 3. The molecule has 0 spiro atoms. The van der Waals surface area contributed by atoms with Crippen molar-refractivity contribution < 1.29 is 18.0 Å². The van der Waals surface area contributed by atoms with E-state index in [4.69, 9.17) is 5.84 Å². The molecule has 3 N–H and O–H groups in total. The summed E-state index contributed by atoms with van der Waals surface area (Å²) in [5.41, 5.74) is 2.56. The minimum absolute atomic E-state index is 0.00463. The topological polar surface area (TPSA) is 50.5 Å². The first kappa shape index (κ1) is 10.8. The van der Waals surface area contributed by atoms with Crippen molar-refractivity contribution in [1.29, 1.82) is 0 Å². The van der Waals surface area contributed by atoms with Gasteiger partial charge in [0, 0.05) is 0 Å². The van der Waals surface area contributed by atoms with Crippen LogP contribution in [0.5, 0.6) is 0 Å². The van der Waals surface area contributed by atoms with Crippen LogP contribution in [0.4, 0.5) is 18.9 Å². The van der Waals surface area contributed by atoms with E-state index in [1.807, 2.05) is 0 Å². The number of nitrogens with zero attached hydrogens (tertiary/aromatic N) is 1. The van der Waals surface area contributed by atoms with E-state index in [1.165, 1.54) is 0 Å². The SMILES string of the molecule is NN(Nc1ccccc1)OC(F)(F)F. The van der Waals surface area contributed by atoms with Crippen LogP contribution in [0, 0.1) is 0 Å². The largest absolute Gasteiger partial charge is 0.541 e. The summed E-state index contributed by atoms with van der Waals surface area (Å²) in [4.78, 5) is 3.34. The Morgan fingerprint density at radius 3 is 2.29 bits per heavy atom. The van der Waals surface area contributed by atoms with E-state index < -0.39 is 6.36 Å². The fourth-order valence-corrected chi connectivity index (χ4v) is 0.774. The molecule has 7 heteroatoms. The van der Waals surface area contributed by atoms with Crippen LogP contribution in [0.1, 0.15) is 0 Å². The molecule has 1 rings (SSSR count). The second-order valence-corrected chi connectivity index (χ2v) is 2.34. The van der Waals surface area contributed by atoms with Crippen molar-refractivity contribution in [2.24, 2.45) is 5.84 Å². The summed E-state index contributed by atoms with van der Waals surface area (Å²) in [6.45, 7) is 0. The summed E-state index contributed by atoms with van der Waals surface area (Å²) in [7, 11) is 0. The summed E-state index contributed by atoms with van der Waals surface area (Å²) in [6, 6.07) is 8.09. The lowest BCUT2D eigenvalue weighted by Gasteiger charge is -2.18. The van der Waals surface area contributed by atoms with Crippen molar-refractivity contribution in [3.8, 4) is 0 Å². The molecule has 0 saturated carbocycles. The number of nitrogens with one attached hydrogen (secondary N) is 1. The van der Waals surface area contributed by atoms with Crippen molar-refractivity contribution in [2.75, 3.05) is 5.43 Å². The molecular weight excluding hydrogens is 199 g/mol. The van der Waals surface area contributed by atoms with Crippen molar-refractivity contribution in [1.82, 2.24) is 5.28 Å². The quantitative estimate of drug-likeness (QED) is 0.584. The fourth-order valence-electron chi connectivity index (χ4n) is 0.774. The van der Waals surface area contributed by atoms with Gasteiger partial charge in [-0.15, -0.1) is 13.2 Å². The van der Waals surface area contributed by atoms with Crippen LogP contribution in [0.3, 0.4) is 0 Å². The summed E-state index contributed by atoms with van der Waals surface area (Å²) in [5, 5.41) is -0.00463. The first-order chi connectivity index (χ1) is 6.47. The number of hydrogen-bond acceptors (Lipinski definition) is 4. The molecule has 14 heavy (non-hydrogen) atoms. The number of rotatable bonds is 3. The van der Waals surface area contributed by atoms with E-state index in [-0.39, 0.29) is 5.28 Å². The van der Waals surface area contributed by atoms with Crippen LogP contribution in [0.2, 0.25) is 0 Å². The molecule has 0 radical (unpaired) electrons. The number of nitrogens with two attached hydrogens (primary N) is 1. The molecule has 0 heterocycles. The maximum absolute atomic E-state index is 11.6. The van der Waals surface area contributed by atoms with Gasteiger partial charge in [-0.2, -0.15) is 4.84 Å². The third-order valence-corrected chi connectivity index (χ3v) is 1.21. The van der Waals surface area contributed by atoms with Gasteiger partial charge in [-0.25, -0.2) is 5.84 Å². The highest BCUT2D eigenvalue weighted by Gasteiger charge is 2.32. The molecule has 78 valence electrons. The van der Waals surface area contributed by atoms with E-state index in [0.29, 0.717) is 5.69 Å². The lowest BCUT2D eigenvalue weighted by Crippen LogP contribution is -2.41. The van der Waals surface area contributed by atoms with Crippen LogP contribution in [0.25, 0.3) is 0 Å². The molecule has 4 nitrogen and oxygen atoms in total. The molecule has 0 aliphatic carbocycles. The molecule has 0 aromatic heterocycles. The van der Waals surface area contributed by atoms with Crippen LogP contribution < -0.4 is 11.3 Å². The molecule has 1 aromatic rings. The number of halogens is 3. The van der Waals surface area contributed by atoms with E-state index in [9.17, 15) is 13.2 Å². The van der Waals surface area contributed by atoms with Crippen molar-refractivity contribution in [3.63, 3.8) is 0 Å². The zero-order chi connectivity index (χ0) is 10.6. The molecule has 0 saturated heterocycles. The van der Waals surface area contributed by atoms with Crippen LogP contribution in [-0.4, -0.2) is 11.6 Å². The number of hydrazine groups is 2. The number of anilines is 1. The Morgan fingerprint density at radius 1 is 1.21 bits per heavy atom. The van der Waals surface area contributed by atoms with Gasteiger partial charge in [0.25, 0.3) is 0 Å². The van der Waals surface area contributed by atoms with Gasteiger partial charge in [-0.3, -0.25) is 5.43 Å². The van der Waals surface area contributed by atoms with Gasteiger partial charge in [0.2, 0.25) is 0 Å². The molecule has 0 unspecified atom stereocenters. The Morgan fingerprint density at radius 2 is 1.79 bits per heavy atom. The molecule has 0 atom stereocenters. The number of benzene rings is 1. The Kier molecular flexibility index (Phi) is 3.28. The zero-order valence-electron chi connectivity index (χ0n) is 6.95. The van der Waals surface area contributed by atoms with Crippen LogP contribution in [0.15, 0.2) is 30.3 Å². The average Bonchev–Trinajstić information content (AvgIpc) is 2.02. The predicted molar refractivity (Wildman–Crippen MR) is 43.2 cm³/mol. The predicted octanol–water partition coefficient (Wildman–Crippen LogP) is 1.64.